The molecule has 4 aliphatic carbocycles. The number of imide groups is 1. The first-order chi connectivity index (χ1) is 11.7. The molecule has 1 saturated heterocycles. The van der Waals surface area contributed by atoms with Crippen LogP contribution in [-0.4, -0.2) is 26.0 Å². The summed E-state index contributed by atoms with van der Waals surface area (Å²) in [6.07, 6.45) is 5.52. The van der Waals surface area contributed by atoms with E-state index >= 15 is 0 Å². The lowest BCUT2D eigenvalue weighted by Crippen LogP contribution is -2.40. The van der Waals surface area contributed by atoms with Gasteiger partial charge in [-0.1, -0.05) is 12.2 Å². The summed E-state index contributed by atoms with van der Waals surface area (Å²) in [4.78, 5) is 27.6. The molecule has 5 heteroatoms. The molecule has 124 valence electrons. The second-order valence-corrected chi connectivity index (χ2v) is 7.20. The van der Waals surface area contributed by atoms with E-state index in [0.717, 1.165) is 0 Å². The zero-order valence-electron chi connectivity index (χ0n) is 13.6. The number of amides is 2. The van der Waals surface area contributed by atoms with Gasteiger partial charge < -0.3 is 9.47 Å². The lowest BCUT2D eigenvalue weighted by atomic mass is 9.63. The monoisotopic (exact) mass is 325 g/mol. The van der Waals surface area contributed by atoms with Gasteiger partial charge in [0.15, 0.2) is 0 Å². The Bertz CT molecular complexity index is 750. The van der Waals surface area contributed by atoms with Crippen LogP contribution >= 0.6 is 0 Å². The van der Waals surface area contributed by atoms with Gasteiger partial charge in [-0.15, -0.1) is 0 Å². The van der Waals surface area contributed by atoms with Gasteiger partial charge in [-0.2, -0.15) is 0 Å². The first-order valence-electron chi connectivity index (χ1n) is 8.44. The van der Waals surface area contributed by atoms with Crippen LogP contribution in [0.15, 0.2) is 30.4 Å². The molecule has 5 nitrogen and oxygen atoms in total. The molecule has 6 atom stereocenters. The highest BCUT2D eigenvalue weighted by Crippen LogP contribution is 2.65. The van der Waals surface area contributed by atoms with Crippen LogP contribution in [0.1, 0.15) is 6.42 Å². The largest absolute Gasteiger partial charge is 0.497 e. The number of methoxy groups -OCH3 is 2. The number of nitrogens with zero attached hydrogens (tertiary/aromatic N) is 1. The van der Waals surface area contributed by atoms with Gasteiger partial charge in [0.05, 0.1) is 31.7 Å². The van der Waals surface area contributed by atoms with E-state index in [1.807, 2.05) is 0 Å². The second-order valence-electron chi connectivity index (χ2n) is 7.20. The van der Waals surface area contributed by atoms with Gasteiger partial charge in [0.1, 0.15) is 11.5 Å². The molecule has 1 aromatic carbocycles. The van der Waals surface area contributed by atoms with Crippen LogP contribution in [0.3, 0.4) is 0 Å². The number of hydrogen-bond donors (Lipinski definition) is 0. The Balaban J connectivity index is 1.60. The number of benzene rings is 1. The van der Waals surface area contributed by atoms with E-state index in [0.29, 0.717) is 29.0 Å². The highest BCUT2D eigenvalue weighted by atomic mass is 16.5. The Morgan fingerprint density at radius 1 is 0.958 bits per heavy atom. The molecule has 1 heterocycles. The van der Waals surface area contributed by atoms with E-state index in [1.165, 1.54) is 11.3 Å². The molecular weight excluding hydrogens is 306 g/mol. The van der Waals surface area contributed by atoms with Crippen molar-refractivity contribution in [1.29, 1.82) is 0 Å². The molecule has 1 aromatic rings. The molecule has 6 rings (SSSR count). The van der Waals surface area contributed by atoms with E-state index in [1.54, 1.807) is 32.4 Å². The number of ether oxygens (including phenoxy) is 2. The Labute approximate surface area is 140 Å². The zero-order valence-corrected chi connectivity index (χ0v) is 13.6. The van der Waals surface area contributed by atoms with Crippen molar-refractivity contribution in [2.24, 2.45) is 35.5 Å². The molecule has 1 aliphatic heterocycles. The minimum atomic E-state index is -0.202. The van der Waals surface area contributed by atoms with Gasteiger partial charge in [-0.3, -0.25) is 9.59 Å². The third-order valence-corrected chi connectivity index (χ3v) is 6.29. The maximum atomic E-state index is 13.1. The second kappa shape index (κ2) is 4.62. The zero-order chi connectivity index (χ0) is 16.6. The summed E-state index contributed by atoms with van der Waals surface area (Å²) in [6, 6.07) is 5.21. The molecule has 5 aliphatic rings. The maximum Gasteiger partial charge on any atom is 0.238 e. The van der Waals surface area contributed by atoms with Gasteiger partial charge >= 0.3 is 0 Å². The fourth-order valence-corrected chi connectivity index (χ4v) is 5.17. The maximum absolute atomic E-state index is 13.1. The van der Waals surface area contributed by atoms with E-state index in [2.05, 4.69) is 12.2 Å². The fourth-order valence-electron chi connectivity index (χ4n) is 5.17. The Morgan fingerprint density at radius 3 is 2.12 bits per heavy atom. The van der Waals surface area contributed by atoms with Gasteiger partial charge in [0, 0.05) is 6.07 Å². The summed E-state index contributed by atoms with van der Waals surface area (Å²) in [6.45, 7) is 0. The average Bonchev–Trinajstić information content (AvgIpc) is 3.39. The molecule has 0 spiro atoms. The lowest BCUT2D eigenvalue weighted by molar-refractivity contribution is -0.124. The number of carbonyl (C=O) groups is 2. The smallest absolute Gasteiger partial charge is 0.238 e. The first kappa shape index (κ1) is 14.1. The first-order valence-corrected chi connectivity index (χ1v) is 8.44. The van der Waals surface area contributed by atoms with Crippen molar-refractivity contribution in [3.8, 4) is 11.5 Å². The number of allylic oxidation sites excluding steroid dienone is 2. The molecule has 0 aromatic heterocycles. The van der Waals surface area contributed by atoms with E-state index < -0.39 is 0 Å². The van der Waals surface area contributed by atoms with Crippen molar-refractivity contribution in [3.05, 3.63) is 30.4 Å². The van der Waals surface area contributed by atoms with Crippen LogP contribution < -0.4 is 14.4 Å². The molecule has 0 unspecified atom stereocenters. The normalized spacial score (nSPS) is 38.2. The van der Waals surface area contributed by atoms with Crippen LogP contribution in [0.2, 0.25) is 0 Å². The molecule has 2 bridgehead atoms. The SMILES string of the molecule is COc1ccc(OC)c(N2C(=O)[C@@H]3[C@H]4C=C[C@H]([C@H]5C[C@H]45)[C@@H]3C2=O)c1. The Hall–Kier alpha value is -2.30. The predicted octanol–water partition coefficient (Wildman–Crippen LogP) is 2.26. The summed E-state index contributed by atoms with van der Waals surface area (Å²) in [5, 5.41) is 0. The van der Waals surface area contributed by atoms with Gasteiger partial charge in [-0.05, 0) is 42.2 Å². The van der Waals surface area contributed by atoms with Crippen molar-refractivity contribution >= 4 is 17.5 Å². The van der Waals surface area contributed by atoms with Gasteiger partial charge in [0.25, 0.3) is 0 Å². The van der Waals surface area contributed by atoms with Crippen LogP contribution in [-0.2, 0) is 9.59 Å². The molecule has 2 amide bonds. The summed E-state index contributed by atoms with van der Waals surface area (Å²) >= 11 is 0. The van der Waals surface area contributed by atoms with E-state index in [4.69, 9.17) is 9.47 Å². The van der Waals surface area contributed by atoms with Gasteiger partial charge in [0.2, 0.25) is 11.8 Å². The fraction of sp³-hybridized carbons (Fsp3) is 0.474. The Morgan fingerprint density at radius 2 is 1.58 bits per heavy atom. The minimum absolute atomic E-state index is 0.0822. The highest BCUT2D eigenvalue weighted by Gasteiger charge is 2.67. The van der Waals surface area contributed by atoms with Crippen molar-refractivity contribution in [2.75, 3.05) is 19.1 Å². The molecule has 24 heavy (non-hydrogen) atoms. The third kappa shape index (κ3) is 1.60. The number of rotatable bonds is 3. The van der Waals surface area contributed by atoms with Crippen molar-refractivity contribution in [1.82, 2.24) is 0 Å². The summed E-state index contributed by atoms with van der Waals surface area (Å²) in [5.74, 6) is 2.20. The summed E-state index contributed by atoms with van der Waals surface area (Å²) in [5.41, 5.74) is 0.495. The summed E-state index contributed by atoms with van der Waals surface area (Å²) < 4.78 is 10.7. The van der Waals surface area contributed by atoms with Gasteiger partial charge in [-0.25, -0.2) is 4.90 Å². The van der Waals surface area contributed by atoms with E-state index in [-0.39, 0.29) is 35.5 Å². The number of carbonyl (C=O) groups excluding carboxylic acids is 2. The predicted molar refractivity (Wildman–Crippen MR) is 86.7 cm³/mol. The molecule has 0 N–H and O–H groups in total. The van der Waals surface area contributed by atoms with Crippen molar-refractivity contribution < 1.29 is 19.1 Å². The van der Waals surface area contributed by atoms with Crippen LogP contribution in [0.4, 0.5) is 5.69 Å². The average molecular weight is 325 g/mol. The minimum Gasteiger partial charge on any atom is -0.497 e. The van der Waals surface area contributed by atoms with Crippen LogP contribution in [0.5, 0.6) is 11.5 Å². The van der Waals surface area contributed by atoms with Crippen LogP contribution in [0, 0.1) is 35.5 Å². The Kier molecular flexibility index (Phi) is 2.71. The van der Waals surface area contributed by atoms with Crippen molar-refractivity contribution in [2.45, 2.75) is 6.42 Å². The topological polar surface area (TPSA) is 55.8 Å². The van der Waals surface area contributed by atoms with Crippen LogP contribution in [0.25, 0.3) is 0 Å². The lowest BCUT2D eigenvalue weighted by Gasteiger charge is -2.37. The van der Waals surface area contributed by atoms with E-state index in [9.17, 15) is 9.59 Å². The molecule has 3 fully saturated rings. The molecule has 0 radical (unpaired) electrons. The van der Waals surface area contributed by atoms with Crippen molar-refractivity contribution in [3.63, 3.8) is 0 Å². The number of anilines is 1. The molecule has 2 saturated carbocycles. The third-order valence-electron chi connectivity index (χ3n) is 6.29. The number of hydrogen-bond acceptors (Lipinski definition) is 4. The highest BCUT2D eigenvalue weighted by molar-refractivity contribution is 6.23. The molecular formula is C19H19NO4. The summed E-state index contributed by atoms with van der Waals surface area (Å²) in [7, 11) is 3.11. The standard InChI is InChI=1S/C19H19NO4/c1-23-9-3-6-15(24-2)14(7-9)20-18(21)16-10-4-5-11(13-8-12(10)13)17(16)19(20)22/h3-7,10-13,16-17H,8H2,1-2H3/t10-,11+,12-,13-,16+,17-/m1/s1. The quantitative estimate of drug-likeness (QED) is 0.632.